The van der Waals surface area contributed by atoms with Gasteiger partial charge < -0.3 is 9.80 Å². The molecule has 3 aromatic rings. The van der Waals surface area contributed by atoms with Crippen molar-refractivity contribution in [2.24, 2.45) is 0 Å². The molecule has 5 heteroatoms. The molecule has 31 heavy (non-hydrogen) atoms. The van der Waals surface area contributed by atoms with Gasteiger partial charge in [0.1, 0.15) is 0 Å². The molecule has 0 N–H and O–H groups in total. The number of amides is 2. The number of carbonyl (C=O) groups excluding carboxylic acids is 3. The smallest absolute Gasteiger partial charge is 0.254 e. The molecule has 156 valence electrons. The van der Waals surface area contributed by atoms with Gasteiger partial charge in [-0.25, -0.2) is 0 Å². The van der Waals surface area contributed by atoms with E-state index in [1.54, 1.807) is 58.3 Å². The van der Waals surface area contributed by atoms with Gasteiger partial charge in [-0.3, -0.25) is 14.4 Å². The fourth-order valence-corrected chi connectivity index (χ4v) is 3.77. The molecule has 3 aromatic carbocycles. The summed E-state index contributed by atoms with van der Waals surface area (Å²) < 4.78 is 0. The van der Waals surface area contributed by atoms with Crippen LogP contribution in [-0.4, -0.2) is 53.6 Å². The SMILES string of the molecule is Cc1ccc(C(=O)c2ccccc2C(=O)N2CCN(C(=O)c3ccccc3)CC2)cc1. The molecule has 0 unspecified atom stereocenters. The molecule has 5 nitrogen and oxygen atoms in total. The van der Waals surface area contributed by atoms with Crippen LogP contribution >= 0.6 is 0 Å². The lowest BCUT2D eigenvalue weighted by Crippen LogP contribution is -2.50. The molecule has 1 aliphatic rings. The molecular formula is C26H24N2O3. The average Bonchev–Trinajstić information content (AvgIpc) is 2.84. The van der Waals surface area contributed by atoms with Gasteiger partial charge in [0.25, 0.3) is 11.8 Å². The highest BCUT2D eigenvalue weighted by Gasteiger charge is 2.27. The Morgan fingerprint density at radius 3 is 1.71 bits per heavy atom. The molecule has 1 heterocycles. The summed E-state index contributed by atoms with van der Waals surface area (Å²) in [6, 6.07) is 23.5. The third kappa shape index (κ3) is 4.40. The monoisotopic (exact) mass is 412 g/mol. The van der Waals surface area contributed by atoms with Gasteiger partial charge in [-0.1, -0.05) is 66.2 Å². The zero-order valence-corrected chi connectivity index (χ0v) is 17.5. The maximum atomic E-state index is 13.2. The fraction of sp³-hybridized carbons (Fsp3) is 0.192. The van der Waals surface area contributed by atoms with Crippen LogP contribution < -0.4 is 0 Å². The second kappa shape index (κ2) is 8.96. The van der Waals surface area contributed by atoms with Crippen molar-refractivity contribution in [3.05, 3.63) is 107 Å². The molecular weight excluding hydrogens is 388 g/mol. The van der Waals surface area contributed by atoms with Crippen molar-refractivity contribution in [3.63, 3.8) is 0 Å². The second-order valence-electron chi connectivity index (χ2n) is 7.69. The van der Waals surface area contributed by atoms with Crippen molar-refractivity contribution in [2.45, 2.75) is 6.92 Å². The molecule has 0 atom stereocenters. The quantitative estimate of drug-likeness (QED) is 0.612. The lowest BCUT2D eigenvalue weighted by Gasteiger charge is -2.35. The second-order valence-corrected chi connectivity index (χ2v) is 7.69. The topological polar surface area (TPSA) is 57.7 Å². The lowest BCUT2D eigenvalue weighted by atomic mass is 9.97. The molecule has 1 fully saturated rings. The van der Waals surface area contributed by atoms with Gasteiger partial charge in [-0.05, 0) is 25.1 Å². The summed E-state index contributed by atoms with van der Waals surface area (Å²) in [7, 11) is 0. The predicted molar refractivity (Wildman–Crippen MR) is 119 cm³/mol. The van der Waals surface area contributed by atoms with Crippen LogP contribution in [0.25, 0.3) is 0 Å². The highest BCUT2D eigenvalue weighted by atomic mass is 16.2. The molecule has 0 aliphatic carbocycles. The van der Waals surface area contributed by atoms with E-state index in [9.17, 15) is 14.4 Å². The van der Waals surface area contributed by atoms with Gasteiger partial charge in [-0.2, -0.15) is 0 Å². The largest absolute Gasteiger partial charge is 0.335 e. The third-order valence-electron chi connectivity index (χ3n) is 5.59. The molecule has 4 rings (SSSR count). The molecule has 0 spiro atoms. The van der Waals surface area contributed by atoms with Crippen molar-refractivity contribution >= 4 is 17.6 Å². The highest BCUT2D eigenvalue weighted by Crippen LogP contribution is 2.19. The number of hydrogen-bond acceptors (Lipinski definition) is 3. The Bertz CT molecular complexity index is 1100. The minimum absolute atomic E-state index is 0.0253. The standard InChI is InChI=1S/C26H24N2O3/c1-19-11-13-20(14-12-19)24(29)22-9-5-6-10-23(22)26(31)28-17-15-27(16-18-28)25(30)21-7-3-2-4-8-21/h2-14H,15-18H2,1H3. The van der Waals surface area contributed by atoms with Crippen LogP contribution in [0.4, 0.5) is 0 Å². The first-order chi connectivity index (χ1) is 15.0. The van der Waals surface area contributed by atoms with Crippen LogP contribution in [0.15, 0.2) is 78.9 Å². The van der Waals surface area contributed by atoms with Crippen LogP contribution in [0.5, 0.6) is 0 Å². The van der Waals surface area contributed by atoms with Gasteiger partial charge in [0.15, 0.2) is 5.78 Å². The molecule has 1 saturated heterocycles. The van der Waals surface area contributed by atoms with E-state index in [1.807, 2.05) is 37.3 Å². The van der Waals surface area contributed by atoms with Crippen LogP contribution in [0.1, 0.15) is 42.2 Å². The van der Waals surface area contributed by atoms with E-state index in [2.05, 4.69) is 0 Å². The summed E-state index contributed by atoms with van der Waals surface area (Å²) in [5.74, 6) is -0.368. The molecule has 0 saturated carbocycles. The number of nitrogens with zero attached hydrogens (tertiary/aromatic N) is 2. The molecule has 2 amide bonds. The molecule has 0 radical (unpaired) electrons. The summed E-state index contributed by atoms with van der Waals surface area (Å²) in [5, 5.41) is 0. The molecule has 0 bridgehead atoms. The number of rotatable bonds is 4. The van der Waals surface area contributed by atoms with Gasteiger partial charge in [0, 0.05) is 42.9 Å². The van der Waals surface area contributed by atoms with Crippen LogP contribution in [0.3, 0.4) is 0 Å². The zero-order valence-electron chi connectivity index (χ0n) is 17.5. The van der Waals surface area contributed by atoms with Crippen LogP contribution in [0, 0.1) is 6.92 Å². The Kier molecular flexibility index (Phi) is 5.94. The number of benzene rings is 3. The fourth-order valence-electron chi connectivity index (χ4n) is 3.77. The normalized spacial score (nSPS) is 13.7. The summed E-state index contributed by atoms with van der Waals surface area (Å²) in [4.78, 5) is 42.4. The van der Waals surface area contributed by atoms with Crippen molar-refractivity contribution in [1.29, 1.82) is 0 Å². The van der Waals surface area contributed by atoms with Gasteiger partial charge in [0.2, 0.25) is 0 Å². The van der Waals surface area contributed by atoms with Gasteiger partial charge >= 0.3 is 0 Å². The van der Waals surface area contributed by atoms with Gasteiger partial charge in [0.05, 0.1) is 5.56 Å². The maximum Gasteiger partial charge on any atom is 0.254 e. The Labute approximate surface area is 181 Å². The number of aryl methyl sites for hydroxylation is 1. The lowest BCUT2D eigenvalue weighted by molar-refractivity contribution is 0.0534. The van der Waals surface area contributed by atoms with E-state index in [0.717, 1.165) is 5.56 Å². The van der Waals surface area contributed by atoms with E-state index in [4.69, 9.17) is 0 Å². The summed E-state index contributed by atoms with van der Waals surface area (Å²) in [5.41, 5.74) is 3.08. The first kappa shape index (κ1) is 20.5. The van der Waals surface area contributed by atoms with E-state index in [1.165, 1.54) is 0 Å². The molecule has 1 aliphatic heterocycles. The average molecular weight is 412 g/mol. The van der Waals surface area contributed by atoms with E-state index in [0.29, 0.717) is 48.4 Å². The van der Waals surface area contributed by atoms with Crippen molar-refractivity contribution in [2.75, 3.05) is 26.2 Å². The summed E-state index contributed by atoms with van der Waals surface area (Å²) in [6.07, 6.45) is 0. The van der Waals surface area contributed by atoms with Crippen LogP contribution in [0.2, 0.25) is 0 Å². The molecule has 0 aromatic heterocycles. The Hall–Kier alpha value is -3.73. The number of carbonyl (C=O) groups is 3. The Morgan fingerprint density at radius 2 is 1.10 bits per heavy atom. The summed E-state index contributed by atoms with van der Waals surface area (Å²) in [6.45, 7) is 3.77. The maximum absolute atomic E-state index is 13.2. The number of hydrogen-bond donors (Lipinski definition) is 0. The third-order valence-corrected chi connectivity index (χ3v) is 5.59. The van der Waals surface area contributed by atoms with Gasteiger partial charge in [-0.15, -0.1) is 0 Å². The van der Waals surface area contributed by atoms with Crippen molar-refractivity contribution in [1.82, 2.24) is 9.80 Å². The first-order valence-electron chi connectivity index (χ1n) is 10.4. The predicted octanol–water partition coefficient (Wildman–Crippen LogP) is 3.82. The minimum Gasteiger partial charge on any atom is -0.335 e. The number of piperazine rings is 1. The first-order valence-corrected chi connectivity index (χ1v) is 10.4. The van der Waals surface area contributed by atoms with E-state index >= 15 is 0 Å². The van der Waals surface area contributed by atoms with Crippen molar-refractivity contribution in [3.8, 4) is 0 Å². The van der Waals surface area contributed by atoms with E-state index in [-0.39, 0.29) is 17.6 Å². The summed E-state index contributed by atoms with van der Waals surface area (Å²) >= 11 is 0. The Balaban J connectivity index is 1.48. The Morgan fingerprint density at radius 1 is 0.581 bits per heavy atom. The minimum atomic E-state index is -0.178. The zero-order chi connectivity index (χ0) is 21.8. The number of ketones is 1. The van der Waals surface area contributed by atoms with Crippen LogP contribution in [-0.2, 0) is 0 Å². The van der Waals surface area contributed by atoms with Crippen molar-refractivity contribution < 1.29 is 14.4 Å². The van der Waals surface area contributed by atoms with E-state index < -0.39 is 0 Å². The highest BCUT2D eigenvalue weighted by molar-refractivity contribution is 6.15.